The van der Waals surface area contributed by atoms with Gasteiger partial charge in [-0.15, -0.1) is 0 Å². The Morgan fingerprint density at radius 1 is 1.26 bits per heavy atom. The second-order valence-corrected chi connectivity index (χ2v) is 5.83. The molecule has 0 bridgehead atoms. The zero-order valence-corrected chi connectivity index (χ0v) is 12.8. The summed E-state index contributed by atoms with van der Waals surface area (Å²) < 4.78 is 43.0. The number of rotatable bonds is 5. The summed E-state index contributed by atoms with van der Waals surface area (Å²) in [6, 6.07) is 6.53. The van der Waals surface area contributed by atoms with Gasteiger partial charge in [0.15, 0.2) is 6.10 Å². The number of nitrogens with one attached hydrogen (secondary N) is 1. The molecule has 128 valence electrons. The summed E-state index contributed by atoms with van der Waals surface area (Å²) >= 11 is 0. The highest BCUT2D eigenvalue weighted by atomic mass is 19.4. The fraction of sp³-hybridized carbons (Fsp3) is 0.562. The van der Waals surface area contributed by atoms with Crippen LogP contribution in [0.2, 0.25) is 0 Å². The lowest BCUT2D eigenvalue weighted by Gasteiger charge is -2.28. The van der Waals surface area contributed by atoms with Crippen LogP contribution in [-0.2, 0) is 4.79 Å². The third kappa shape index (κ3) is 4.77. The molecule has 0 aromatic heterocycles. The van der Waals surface area contributed by atoms with E-state index in [4.69, 9.17) is 9.84 Å². The Hall–Kier alpha value is -1.92. The fourth-order valence-electron chi connectivity index (χ4n) is 2.65. The Bertz CT molecular complexity index is 540. The molecule has 1 aliphatic carbocycles. The number of anilines is 1. The molecule has 7 heteroatoms. The first kappa shape index (κ1) is 17.4. The molecule has 0 radical (unpaired) electrons. The molecule has 0 aliphatic heterocycles. The molecule has 1 aromatic rings. The Morgan fingerprint density at radius 2 is 1.87 bits per heavy atom. The number of carboxylic acid groups (broad SMARTS) is 1. The monoisotopic (exact) mass is 331 g/mol. The predicted molar refractivity (Wildman–Crippen MR) is 79.6 cm³/mol. The first-order valence-electron chi connectivity index (χ1n) is 7.59. The molecular weight excluding hydrogens is 311 g/mol. The van der Waals surface area contributed by atoms with Crippen molar-refractivity contribution in [2.75, 3.05) is 5.32 Å². The largest absolute Gasteiger partial charge is 0.481 e. The molecular formula is C16H20F3NO3. The van der Waals surface area contributed by atoms with Crippen molar-refractivity contribution in [2.45, 2.75) is 50.9 Å². The number of halogens is 3. The van der Waals surface area contributed by atoms with Crippen molar-refractivity contribution in [2.24, 2.45) is 5.92 Å². The average molecular weight is 331 g/mol. The highest BCUT2D eigenvalue weighted by molar-refractivity contribution is 5.70. The van der Waals surface area contributed by atoms with Gasteiger partial charge in [-0.1, -0.05) is 12.1 Å². The van der Waals surface area contributed by atoms with Crippen LogP contribution >= 0.6 is 0 Å². The van der Waals surface area contributed by atoms with Crippen molar-refractivity contribution < 1.29 is 27.8 Å². The van der Waals surface area contributed by atoms with Crippen LogP contribution in [0.5, 0.6) is 5.75 Å². The number of para-hydroxylation sites is 2. The summed E-state index contributed by atoms with van der Waals surface area (Å²) in [6.45, 7) is 0.967. The van der Waals surface area contributed by atoms with E-state index >= 15 is 0 Å². The van der Waals surface area contributed by atoms with Crippen molar-refractivity contribution in [3.05, 3.63) is 24.3 Å². The zero-order chi connectivity index (χ0) is 17.0. The normalized spacial score (nSPS) is 23.1. The molecule has 1 fully saturated rings. The SMILES string of the molecule is CC(Oc1ccccc1NC1CCC(C(=O)O)CC1)C(F)(F)F. The molecule has 1 saturated carbocycles. The van der Waals surface area contributed by atoms with Crippen molar-refractivity contribution in [3.8, 4) is 5.75 Å². The quantitative estimate of drug-likeness (QED) is 0.854. The summed E-state index contributed by atoms with van der Waals surface area (Å²) in [7, 11) is 0. The van der Waals surface area contributed by atoms with Gasteiger partial charge >= 0.3 is 12.1 Å². The number of ether oxygens (including phenoxy) is 1. The molecule has 0 amide bonds. The lowest BCUT2D eigenvalue weighted by atomic mass is 9.86. The van der Waals surface area contributed by atoms with Gasteiger partial charge < -0.3 is 15.2 Å². The van der Waals surface area contributed by atoms with E-state index in [2.05, 4.69) is 5.32 Å². The van der Waals surface area contributed by atoms with E-state index in [0.717, 1.165) is 6.92 Å². The van der Waals surface area contributed by atoms with Gasteiger partial charge in [0.2, 0.25) is 0 Å². The number of carbonyl (C=O) groups is 1. The van der Waals surface area contributed by atoms with Crippen LogP contribution in [0.15, 0.2) is 24.3 Å². The van der Waals surface area contributed by atoms with E-state index in [-0.39, 0.29) is 17.7 Å². The van der Waals surface area contributed by atoms with Crippen molar-refractivity contribution in [1.82, 2.24) is 0 Å². The van der Waals surface area contributed by atoms with E-state index in [9.17, 15) is 18.0 Å². The maximum Gasteiger partial charge on any atom is 0.425 e. The van der Waals surface area contributed by atoms with Crippen LogP contribution in [0.4, 0.5) is 18.9 Å². The van der Waals surface area contributed by atoms with Gasteiger partial charge in [0.1, 0.15) is 5.75 Å². The number of alkyl halides is 3. The molecule has 0 saturated heterocycles. The average Bonchev–Trinajstić information content (AvgIpc) is 2.48. The number of benzene rings is 1. The zero-order valence-electron chi connectivity index (χ0n) is 12.8. The van der Waals surface area contributed by atoms with E-state index in [1.807, 2.05) is 0 Å². The van der Waals surface area contributed by atoms with Crippen LogP contribution in [0, 0.1) is 5.92 Å². The highest BCUT2D eigenvalue weighted by Gasteiger charge is 2.38. The van der Waals surface area contributed by atoms with Crippen LogP contribution in [0.1, 0.15) is 32.6 Å². The van der Waals surface area contributed by atoms with Gasteiger partial charge in [-0.3, -0.25) is 4.79 Å². The third-order valence-electron chi connectivity index (χ3n) is 4.09. The Balaban J connectivity index is 2.00. The maximum absolute atomic E-state index is 12.6. The smallest absolute Gasteiger partial charge is 0.425 e. The van der Waals surface area contributed by atoms with Crippen molar-refractivity contribution >= 4 is 11.7 Å². The Morgan fingerprint density at radius 3 is 2.43 bits per heavy atom. The number of hydrogen-bond donors (Lipinski definition) is 2. The molecule has 2 rings (SSSR count). The molecule has 1 unspecified atom stereocenters. The number of aliphatic carboxylic acids is 1. The molecule has 1 aromatic carbocycles. The summed E-state index contributed by atoms with van der Waals surface area (Å²) in [5.41, 5.74) is 0.502. The van der Waals surface area contributed by atoms with E-state index in [0.29, 0.717) is 31.4 Å². The molecule has 0 heterocycles. The summed E-state index contributed by atoms with van der Waals surface area (Å²) in [5, 5.41) is 12.2. The van der Waals surface area contributed by atoms with E-state index in [1.165, 1.54) is 6.07 Å². The first-order chi connectivity index (χ1) is 10.8. The Kier molecular flexibility index (Phi) is 5.38. The van der Waals surface area contributed by atoms with Crippen LogP contribution < -0.4 is 10.1 Å². The van der Waals surface area contributed by atoms with Gasteiger partial charge in [0.05, 0.1) is 11.6 Å². The Labute approximate surface area is 132 Å². The molecule has 23 heavy (non-hydrogen) atoms. The van der Waals surface area contributed by atoms with E-state index in [1.54, 1.807) is 18.2 Å². The molecule has 4 nitrogen and oxygen atoms in total. The molecule has 1 atom stereocenters. The minimum absolute atomic E-state index is 0.0385. The lowest BCUT2D eigenvalue weighted by Crippen LogP contribution is -2.32. The highest BCUT2D eigenvalue weighted by Crippen LogP contribution is 2.33. The van der Waals surface area contributed by atoms with Crippen LogP contribution in [0.25, 0.3) is 0 Å². The van der Waals surface area contributed by atoms with Gasteiger partial charge in [-0.2, -0.15) is 13.2 Å². The topological polar surface area (TPSA) is 58.6 Å². The maximum atomic E-state index is 12.6. The molecule has 1 aliphatic rings. The molecule has 0 spiro atoms. The van der Waals surface area contributed by atoms with Crippen molar-refractivity contribution in [3.63, 3.8) is 0 Å². The third-order valence-corrected chi connectivity index (χ3v) is 4.09. The fourth-order valence-corrected chi connectivity index (χ4v) is 2.65. The summed E-state index contributed by atoms with van der Waals surface area (Å²) in [4.78, 5) is 10.9. The van der Waals surface area contributed by atoms with Crippen LogP contribution in [-0.4, -0.2) is 29.4 Å². The minimum Gasteiger partial charge on any atom is -0.481 e. The number of carboxylic acids is 1. The lowest BCUT2D eigenvalue weighted by molar-refractivity contribution is -0.189. The second-order valence-electron chi connectivity index (χ2n) is 5.83. The van der Waals surface area contributed by atoms with Gasteiger partial charge in [-0.25, -0.2) is 0 Å². The first-order valence-corrected chi connectivity index (χ1v) is 7.59. The van der Waals surface area contributed by atoms with Gasteiger partial charge in [-0.05, 0) is 44.7 Å². The van der Waals surface area contributed by atoms with Crippen LogP contribution in [0.3, 0.4) is 0 Å². The second kappa shape index (κ2) is 7.10. The minimum atomic E-state index is -4.42. The summed E-state index contributed by atoms with van der Waals surface area (Å²) in [6.07, 6.45) is -3.86. The van der Waals surface area contributed by atoms with Crippen molar-refractivity contribution in [1.29, 1.82) is 0 Å². The van der Waals surface area contributed by atoms with Gasteiger partial charge in [0.25, 0.3) is 0 Å². The molecule has 2 N–H and O–H groups in total. The number of hydrogen-bond acceptors (Lipinski definition) is 3. The standard InChI is InChI=1S/C16H20F3NO3/c1-10(16(17,18)19)23-14-5-3-2-4-13(14)20-12-8-6-11(7-9-12)15(21)22/h2-5,10-12,20H,6-9H2,1H3,(H,21,22). The summed E-state index contributed by atoms with van der Waals surface area (Å²) in [5.74, 6) is -0.964. The van der Waals surface area contributed by atoms with Gasteiger partial charge in [0, 0.05) is 6.04 Å². The van der Waals surface area contributed by atoms with E-state index < -0.39 is 18.2 Å². The predicted octanol–water partition coefficient (Wildman–Crippen LogP) is 4.07.